The number of hydrogen-bond acceptors (Lipinski definition) is 4. The van der Waals surface area contributed by atoms with E-state index in [0.717, 1.165) is 25.3 Å². The molecule has 6 heteroatoms. The fourth-order valence-corrected chi connectivity index (χ4v) is 3.10. The molecular formula is C11H13N3O2S. The Bertz CT molecular complexity index is 564. The van der Waals surface area contributed by atoms with Gasteiger partial charge in [0.1, 0.15) is 11.2 Å². The van der Waals surface area contributed by atoms with Gasteiger partial charge in [-0.25, -0.2) is 0 Å². The molecule has 0 aliphatic carbocycles. The summed E-state index contributed by atoms with van der Waals surface area (Å²) in [5.74, 6) is 0.565. The van der Waals surface area contributed by atoms with E-state index < -0.39 is 10.0 Å². The first-order valence-corrected chi connectivity index (χ1v) is 6.98. The van der Waals surface area contributed by atoms with Crippen LogP contribution in [0, 0.1) is 5.92 Å². The molecule has 0 aromatic heterocycles. The monoisotopic (exact) mass is 251 g/mol. The third-order valence-corrected chi connectivity index (χ3v) is 4.37. The molecule has 3 rings (SSSR count). The second-order valence-corrected chi connectivity index (χ2v) is 5.94. The van der Waals surface area contributed by atoms with Crippen molar-refractivity contribution < 1.29 is 8.42 Å². The van der Waals surface area contributed by atoms with Gasteiger partial charge in [0.15, 0.2) is 0 Å². The zero-order valence-electron chi connectivity index (χ0n) is 9.20. The number of hydrogen-bond donors (Lipinski definition) is 1. The van der Waals surface area contributed by atoms with Gasteiger partial charge >= 0.3 is 0 Å². The highest BCUT2D eigenvalue weighted by molar-refractivity contribution is 7.90. The van der Waals surface area contributed by atoms with Crippen LogP contribution >= 0.6 is 0 Å². The average Bonchev–Trinajstić information content (AvgIpc) is 2.26. The van der Waals surface area contributed by atoms with E-state index in [1.54, 1.807) is 12.1 Å². The number of rotatable bonds is 2. The SMILES string of the molecule is O=S1(=O)N=CN(CC2CNC2)c2ccccc21. The highest BCUT2D eigenvalue weighted by Gasteiger charge is 2.27. The van der Waals surface area contributed by atoms with Crippen molar-refractivity contribution in [1.82, 2.24) is 5.32 Å². The van der Waals surface area contributed by atoms with E-state index in [-0.39, 0.29) is 0 Å². The van der Waals surface area contributed by atoms with Crippen molar-refractivity contribution in [3.05, 3.63) is 24.3 Å². The molecular weight excluding hydrogens is 238 g/mol. The summed E-state index contributed by atoms with van der Waals surface area (Å²) in [5.41, 5.74) is 0.731. The molecule has 0 amide bonds. The lowest BCUT2D eigenvalue weighted by atomic mass is 10.0. The topological polar surface area (TPSA) is 61.8 Å². The van der Waals surface area contributed by atoms with Crippen molar-refractivity contribution in [2.24, 2.45) is 10.3 Å². The highest BCUT2D eigenvalue weighted by atomic mass is 32.2. The van der Waals surface area contributed by atoms with E-state index in [4.69, 9.17) is 0 Å². The van der Waals surface area contributed by atoms with Crippen LogP contribution in [0.25, 0.3) is 0 Å². The van der Waals surface area contributed by atoms with Crippen LogP contribution in [0.15, 0.2) is 33.6 Å². The van der Waals surface area contributed by atoms with E-state index in [1.165, 1.54) is 6.34 Å². The summed E-state index contributed by atoms with van der Waals surface area (Å²) in [7, 11) is -3.49. The number of nitrogens with zero attached hydrogens (tertiary/aromatic N) is 2. The molecule has 17 heavy (non-hydrogen) atoms. The minimum atomic E-state index is -3.49. The van der Waals surface area contributed by atoms with Crippen LogP contribution in [-0.4, -0.2) is 34.4 Å². The largest absolute Gasteiger partial charge is 0.330 e. The molecule has 0 saturated carbocycles. The number of anilines is 1. The fourth-order valence-electron chi connectivity index (χ4n) is 2.05. The van der Waals surface area contributed by atoms with Crippen molar-refractivity contribution in [2.45, 2.75) is 4.90 Å². The van der Waals surface area contributed by atoms with Gasteiger partial charge in [-0.3, -0.25) is 0 Å². The zero-order valence-corrected chi connectivity index (χ0v) is 10.0. The van der Waals surface area contributed by atoms with Crippen LogP contribution in [0.2, 0.25) is 0 Å². The predicted molar refractivity (Wildman–Crippen MR) is 65.8 cm³/mol. The molecule has 0 radical (unpaired) electrons. The first-order chi connectivity index (χ1) is 8.17. The number of nitrogens with one attached hydrogen (secondary N) is 1. The third kappa shape index (κ3) is 1.83. The normalized spacial score (nSPS) is 22.0. The highest BCUT2D eigenvalue weighted by Crippen LogP contribution is 2.29. The quantitative estimate of drug-likeness (QED) is 0.828. The Kier molecular flexibility index (Phi) is 2.41. The summed E-state index contributed by atoms with van der Waals surface area (Å²) in [6, 6.07) is 7.00. The van der Waals surface area contributed by atoms with Gasteiger partial charge in [-0.15, -0.1) is 4.40 Å². The minimum Gasteiger partial charge on any atom is -0.330 e. The maximum atomic E-state index is 11.8. The van der Waals surface area contributed by atoms with Gasteiger partial charge in [0.2, 0.25) is 0 Å². The van der Waals surface area contributed by atoms with Crippen LogP contribution in [-0.2, 0) is 10.0 Å². The molecule has 0 bridgehead atoms. The first kappa shape index (κ1) is 10.7. The first-order valence-electron chi connectivity index (χ1n) is 5.54. The van der Waals surface area contributed by atoms with Crippen molar-refractivity contribution in [1.29, 1.82) is 0 Å². The van der Waals surface area contributed by atoms with Gasteiger partial charge in [0.05, 0.1) is 5.69 Å². The summed E-state index contributed by atoms with van der Waals surface area (Å²) in [6.45, 7) is 2.78. The Balaban J connectivity index is 1.97. The van der Waals surface area contributed by atoms with E-state index in [1.807, 2.05) is 17.0 Å². The summed E-state index contributed by atoms with van der Waals surface area (Å²) >= 11 is 0. The molecule has 1 fully saturated rings. The number of para-hydroxylation sites is 1. The number of benzene rings is 1. The van der Waals surface area contributed by atoms with E-state index in [9.17, 15) is 8.42 Å². The Labute approximate surface area is 100 Å². The van der Waals surface area contributed by atoms with E-state index in [2.05, 4.69) is 9.71 Å². The second kappa shape index (κ2) is 3.82. The maximum absolute atomic E-state index is 11.8. The third-order valence-electron chi connectivity index (χ3n) is 3.10. The summed E-state index contributed by atoms with van der Waals surface area (Å²) in [6.07, 6.45) is 1.43. The van der Waals surface area contributed by atoms with Gasteiger partial charge in [-0.2, -0.15) is 8.42 Å². The summed E-state index contributed by atoms with van der Waals surface area (Å²) in [4.78, 5) is 2.22. The van der Waals surface area contributed by atoms with E-state index >= 15 is 0 Å². The van der Waals surface area contributed by atoms with Crippen LogP contribution in [0.4, 0.5) is 5.69 Å². The zero-order chi connectivity index (χ0) is 11.9. The molecule has 0 unspecified atom stereocenters. The lowest BCUT2D eigenvalue weighted by Gasteiger charge is -2.33. The van der Waals surface area contributed by atoms with Gasteiger partial charge < -0.3 is 10.2 Å². The average molecular weight is 251 g/mol. The van der Waals surface area contributed by atoms with Crippen LogP contribution in [0.3, 0.4) is 0 Å². The lowest BCUT2D eigenvalue weighted by molar-refractivity contribution is 0.357. The number of sulfonamides is 1. The Morgan fingerprint density at radius 3 is 2.82 bits per heavy atom. The molecule has 2 aliphatic heterocycles. The van der Waals surface area contributed by atoms with Gasteiger partial charge in [0.25, 0.3) is 10.0 Å². The summed E-state index contributed by atoms with van der Waals surface area (Å²) < 4.78 is 27.2. The minimum absolute atomic E-state index is 0.301. The molecule has 1 saturated heterocycles. The van der Waals surface area contributed by atoms with Crippen molar-refractivity contribution >= 4 is 22.0 Å². The van der Waals surface area contributed by atoms with Gasteiger partial charge in [-0.1, -0.05) is 12.1 Å². The molecule has 1 N–H and O–H groups in total. The molecule has 2 aliphatic rings. The Morgan fingerprint density at radius 1 is 1.35 bits per heavy atom. The molecule has 2 heterocycles. The van der Waals surface area contributed by atoms with Gasteiger partial charge in [0, 0.05) is 25.6 Å². The van der Waals surface area contributed by atoms with Crippen molar-refractivity contribution in [2.75, 3.05) is 24.5 Å². The van der Waals surface area contributed by atoms with Crippen LogP contribution < -0.4 is 10.2 Å². The molecule has 5 nitrogen and oxygen atoms in total. The molecule has 0 spiro atoms. The van der Waals surface area contributed by atoms with Crippen LogP contribution in [0.1, 0.15) is 0 Å². The van der Waals surface area contributed by atoms with Crippen molar-refractivity contribution in [3.8, 4) is 0 Å². The Morgan fingerprint density at radius 2 is 2.12 bits per heavy atom. The maximum Gasteiger partial charge on any atom is 0.285 e. The Hall–Kier alpha value is -1.40. The number of fused-ring (bicyclic) bond motifs is 1. The van der Waals surface area contributed by atoms with E-state index in [0.29, 0.717) is 10.8 Å². The standard InChI is InChI=1S/C11H13N3O2S/c15-17(16)11-4-2-1-3-10(11)14(8-13-17)7-9-5-12-6-9/h1-4,8-9,12H,5-7H2. The molecule has 1 aromatic rings. The smallest absolute Gasteiger partial charge is 0.285 e. The molecule has 90 valence electrons. The summed E-state index contributed by atoms with van der Waals surface area (Å²) in [5, 5.41) is 3.20. The second-order valence-electron chi connectivity index (χ2n) is 4.34. The van der Waals surface area contributed by atoms with Gasteiger partial charge in [-0.05, 0) is 12.1 Å². The lowest BCUT2D eigenvalue weighted by Crippen LogP contribution is -2.48. The molecule has 1 aromatic carbocycles. The van der Waals surface area contributed by atoms with Crippen LogP contribution in [0.5, 0.6) is 0 Å². The molecule has 0 atom stereocenters. The fraction of sp³-hybridized carbons (Fsp3) is 0.364. The van der Waals surface area contributed by atoms with Crippen molar-refractivity contribution in [3.63, 3.8) is 0 Å². The predicted octanol–water partition coefficient (Wildman–Crippen LogP) is 0.443.